The average Bonchev–Trinajstić information content (AvgIpc) is 2.55. The number of nitrogens with one attached hydrogen (secondary N) is 1. The molecule has 0 radical (unpaired) electrons. The van der Waals surface area contributed by atoms with Crippen LogP contribution in [0.5, 0.6) is 5.75 Å². The van der Waals surface area contributed by atoms with Gasteiger partial charge in [-0.3, -0.25) is 14.5 Å². The lowest BCUT2D eigenvalue weighted by Gasteiger charge is -2.18. The number of methoxy groups -OCH3 is 1. The van der Waals surface area contributed by atoms with Crippen LogP contribution in [0.15, 0.2) is 42.5 Å². The van der Waals surface area contributed by atoms with Crippen LogP contribution in [-0.2, 0) is 11.3 Å². The van der Waals surface area contributed by atoms with E-state index >= 15 is 0 Å². The smallest absolute Gasteiger partial charge is 0.248 e. The SMILES string of the molecule is COc1ccc(C)cc1CN(C)CC(=O)Nc1ccc(C(N)=O)cc1. The highest BCUT2D eigenvalue weighted by molar-refractivity contribution is 5.95. The standard InChI is InChI=1S/C19H23N3O3/c1-13-4-9-17(25-3)15(10-13)11-22(2)12-18(23)21-16-7-5-14(6-8-16)19(20)24/h4-10H,11-12H2,1-3H3,(H2,20,24)(H,21,23). The van der Waals surface area contributed by atoms with E-state index in [1.54, 1.807) is 31.4 Å². The summed E-state index contributed by atoms with van der Waals surface area (Å²) in [4.78, 5) is 25.1. The van der Waals surface area contributed by atoms with E-state index in [-0.39, 0.29) is 12.5 Å². The summed E-state index contributed by atoms with van der Waals surface area (Å²) in [5.74, 6) is 0.172. The Morgan fingerprint density at radius 3 is 2.44 bits per heavy atom. The van der Waals surface area contributed by atoms with Crippen molar-refractivity contribution in [3.05, 3.63) is 59.2 Å². The number of amides is 2. The van der Waals surface area contributed by atoms with Crippen LogP contribution in [0.3, 0.4) is 0 Å². The van der Waals surface area contributed by atoms with Crippen LogP contribution in [-0.4, -0.2) is 37.4 Å². The van der Waals surface area contributed by atoms with Crippen molar-refractivity contribution in [2.45, 2.75) is 13.5 Å². The molecule has 0 aliphatic heterocycles. The second-order valence-electron chi connectivity index (χ2n) is 5.98. The van der Waals surface area contributed by atoms with Crippen molar-refractivity contribution >= 4 is 17.5 Å². The highest BCUT2D eigenvalue weighted by atomic mass is 16.5. The molecule has 3 N–H and O–H groups in total. The minimum Gasteiger partial charge on any atom is -0.496 e. The Morgan fingerprint density at radius 1 is 1.16 bits per heavy atom. The first-order valence-corrected chi connectivity index (χ1v) is 7.91. The molecular formula is C19H23N3O3. The predicted molar refractivity (Wildman–Crippen MR) is 97.7 cm³/mol. The number of ether oxygens (including phenoxy) is 1. The lowest BCUT2D eigenvalue weighted by atomic mass is 10.1. The van der Waals surface area contributed by atoms with E-state index in [4.69, 9.17) is 10.5 Å². The third kappa shape index (κ3) is 5.32. The maximum absolute atomic E-state index is 12.2. The Labute approximate surface area is 147 Å². The summed E-state index contributed by atoms with van der Waals surface area (Å²) in [5.41, 5.74) is 8.39. The maximum atomic E-state index is 12.2. The number of anilines is 1. The predicted octanol–water partition coefficient (Wildman–Crippen LogP) is 2.17. The van der Waals surface area contributed by atoms with E-state index in [1.165, 1.54) is 0 Å². The Bertz CT molecular complexity index is 757. The van der Waals surface area contributed by atoms with E-state index < -0.39 is 5.91 Å². The molecule has 132 valence electrons. The Morgan fingerprint density at radius 2 is 1.84 bits per heavy atom. The minimum atomic E-state index is -0.496. The minimum absolute atomic E-state index is 0.138. The number of carbonyl (C=O) groups is 2. The third-order valence-electron chi connectivity index (χ3n) is 3.74. The monoisotopic (exact) mass is 341 g/mol. The van der Waals surface area contributed by atoms with Crippen LogP contribution in [0.25, 0.3) is 0 Å². The first-order chi connectivity index (χ1) is 11.9. The number of nitrogens with two attached hydrogens (primary N) is 1. The van der Waals surface area contributed by atoms with Crippen molar-refractivity contribution in [1.29, 1.82) is 0 Å². The van der Waals surface area contributed by atoms with Crippen LogP contribution in [0.4, 0.5) is 5.69 Å². The Hall–Kier alpha value is -2.86. The van der Waals surface area contributed by atoms with Crippen LogP contribution in [0.2, 0.25) is 0 Å². The van der Waals surface area contributed by atoms with Gasteiger partial charge in [0.2, 0.25) is 11.8 Å². The zero-order chi connectivity index (χ0) is 18.4. The molecule has 0 unspecified atom stereocenters. The van der Waals surface area contributed by atoms with Crippen molar-refractivity contribution in [2.24, 2.45) is 5.73 Å². The van der Waals surface area contributed by atoms with E-state index in [0.29, 0.717) is 17.8 Å². The quantitative estimate of drug-likeness (QED) is 0.808. The number of nitrogens with zero attached hydrogens (tertiary/aromatic N) is 1. The molecule has 0 aliphatic carbocycles. The van der Waals surface area contributed by atoms with Gasteiger partial charge in [0, 0.05) is 23.4 Å². The van der Waals surface area contributed by atoms with Crippen LogP contribution in [0, 0.1) is 6.92 Å². The van der Waals surface area contributed by atoms with E-state index in [2.05, 4.69) is 11.4 Å². The van der Waals surface area contributed by atoms with Crippen molar-refractivity contribution in [3.8, 4) is 5.75 Å². The van der Waals surface area contributed by atoms with Gasteiger partial charge in [-0.1, -0.05) is 17.7 Å². The number of rotatable bonds is 7. The van der Waals surface area contributed by atoms with Gasteiger partial charge in [0.15, 0.2) is 0 Å². The van der Waals surface area contributed by atoms with Gasteiger partial charge in [-0.05, 0) is 44.3 Å². The molecule has 0 aromatic heterocycles. The molecule has 2 rings (SSSR count). The lowest BCUT2D eigenvalue weighted by molar-refractivity contribution is -0.117. The van der Waals surface area contributed by atoms with Gasteiger partial charge in [0.1, 0.15) is 5.75 Å². The molecule has 25 heavy (non-hydrogen) atoms. The molecule has 0 atom stereocenters. The molecular weight excluding hydrogens is 318 g/mol. The molecule has 0 bridgehead atoms. The molecule has 0 aliphatic rings. The molecule has 0 saturated carbocycles. The van der Waals surface area contributed by atoms with Gasteiger partial charge in [0.25, 0.3) is 0 Å². The second-order valence-corrected chi connectivity index (χ2v) is 5.98. The van der Waals surface area contributed by atoms with Gasteiger partial charge < -0.3 is 15.8 Å². The third-order valence-corrected chi connectivity index (χ3v) is 3.74. The van der Waals surface area contributed by atoms with Crippen LogP contribution in [0.1, 0.15) is 21.5 Å². The van der Waals surface area contributed by atoms with Crippen molar-refractivity contribution in [3.63, 3.8) is 0 Å². The highest BCUT2D eigenvalue weighted by Crippen LogP contribution is 2.21. The van der Waals surface area contributed by atoms with Crippen LogP contribution < -0.4 is 15.8 Å². The maximum Gasteiger partial charge on any atom is 0.248 e. The van der Waals surface area contributed by atoms with Gasteiger partial charge in [-0.15, -0.1) is 0 Å². The summed E-state index contributed by atoms with van der Waals surface area (Å²) in [7, 11) is 3.51. The summed E-state index contributed by atoms with van der Waals surface area (Å²) in [6.07, 6.45) is 0. The van der Waals surface area contributed by atoms with E-state index in [0.717, 1.165) is 16.9 Å². The Kier molecular flexibility index (Phi) is 6.14. The average molecular weight is 341 g/mol. The summed E-state index contributed by atoms with van der Waals surface area (Å²) in [6.45, 7) is 2.85. The summed E-state index contributed by atoms with van der Waals surface area (Å²) < 4.78 is 5.37. The number of aryl methyl sites for hydroxylation is 1. The number of hydrogen-bond acceptors (Lipinski definition) is 4. The first kappa shape index (κ1) is 18.5. The number of hydrogen-bond donors (Lipinski definition) is 2. The van der Waals surface area contributed by atoms with Crippen LogP contribution >= 0.6 is 0 Å². The normalized spacial score (nSPS) is 10.6. The fraction of sp³-hybridized carbons (Fsp3) is 0.263. The number of carbonyl (C=O) groups excluding carboxylic acids is 2. The molecule has 2 aromatic rings. The van der Waals surface area contributed by atoms with Crippen molar-refractivity contribution < 1.29 is 14.3 Å². The van der Waals surface area contributed by atoms with Crippen molar-refractivity contribution in [2.75, 3.05) is 26.0 Å². The molecule has 0 saturated heterocycles. The summed E-state index contributed by atoms with van der Waals surface area (Å²) >= 11 is 0. The lowest BCUT2D eigenvalue weighted by Crippen LogP contribution is -2.30. The number of primary amides is 1. The number of benzene rings is 2. The molecule has 6 heteroatoms. The highest BCUT2D eigenvalue weighted by Gasteiger charge is 2.11. The largest absolute Gasteiger partial charge is 0.496 e. The molecule has 0 fully saturated rings. The Balaban J connectivity index is 1.94. The van der Waals surface area contributed by atoms with Gasteiger partial charge in [-0.2, -0.15) is 0 Å². The van der Waals surface area contributed by atoms with E-state index in [9.17, 15) is 9.59 Å². The van der Waals surface area contributed by atoms with Gasteiger partial charge >= 0.3 is 0 Å². The topological polar surface area (TPSA) is 84.7 Å². The molecule has 2 amide bonds. The van der Waals surface area contributed by atoms with Crippen molar-refractivity contribution in [1.82, 2.24) is 4.90 Å². The molecule has 2 aromatic carbocycles. The number of likely N-dealkylation sites (N-methyl/N-ethyl adjacent to an activating group) is 1. The summed E-state index contributed by atoms with van der Waals surface area (Å²) in [6, 6.07) is 12.4. The zero-order valence-electron chi connectivity index (χ0n) is 14.7. The zero-order valence-corrected chi connectivity index (χ0v) is 14.7. The summed E-state index contributed by atoms with van der Waals surface area (Å²) in [5, 5.41) is 2.80. The van der Waals surface area contributed by atoms with Gasteiger partial charge in [0.05, 0.1) is 13.7 Å². The fourth-order valence-corrected chi connectivity index (χ4v) is 2.54. The molecule has 6 nitrogen and oxygen atoms in total. The molecule has 0 heterocycles. The molecule has 0 spiro atoms. The first-order valence-electron chi connectivity index (χ1n) is 7.91. The fourth-order valence-electron chi connectivity index (χ4n) is 2.54. The second kappa shape index (κ2) is 8.30. The van der Waals surface area contributed by atoms with Gasteiger partial charge in [-0.25, -0.2) is 0 Å². The van der Waals surface area contributed by atoms with E-state index in [1.807, 2.05) is 31.0 Å².